The van der Waals surface area contributed by atoms with E-state index in [1.807, 2.05) is 13.0 Å². The molecule has 0 atom stereocenters. The average Bonchev–Trinajstić information content (AvgIpc) is 2.38. The molecule has 0 unspecified atom stereocenters. The van der Waals surface area contributed by atoms with Crippen LogP contribution in [-0.2, 0) is 16.6 Å². The maximum atomic E-state index is 12.3. The van der Waals surface area contributed by atoms with Crippen molar-refractivity contribution in [3.8, 4) is 0 Å². The molecule has 19 heavy (non-hydrogen) atoms. The lowest BCUT2D eigenvalue weighted by atomic mass is 10.2. The highest BCUT2D eigenvalue weighted by Crippen LogP contribution is 2.20. The molecule has 0 aromatic heterocycles. The van der Waals surface area contributed by atoms with E-state index in [0.717, 1.165) is 5.56 Å². The van der Waals surface area contributed by atoms with Gasteiger partial charge in [-0.2, -0.15) is 0 Å². The van der Waals surface area contributed by atoms with Crippen molar-refractivity contribution < 1.29 is 13.5 Å². The second-order valence-corrected chi connectivity index (χ2v) is 5.89. The van der Waals surface area contributed by atoms with Crippen LogP contribution in [0.5, 0.6) is 0 Å². The molecule has 0 saturated carbocycles. The number of aliphatic hydroxyl groups is 1. The Morgan fingerprint density at radius 2 is 1.84 bits per heavy atom. The number of aryl methyl sites for hydroxylation is 1. The van der Waals surface area contributed by atoms with E-state index in [1.165, 1.54) is 6.07 Å². The van der Waals surface area contributed by atoms with Crippen LogP contribution >= 0.6 is 0 Å². The normalized spacial score (nSPS) is 11.3. The highest BCUT2D eigenvalue weighted by molar-refractivity contribution is 7.92. The quantitative estimate of drug-likeness (QED) is 0.901. The Morgan fingerprint density at radius 3 is 2.53 bits per heavy atom. The van der Waals surface area contributed by atoms with Gasteiger partial charge >= 0.3 is 0 Å². The Bertz CT molecular complexity index is 681. The molecule has 0 aliphatic heterocycles. The van der Waals surface area contributed by atoms with Gasteiger partial charge in [0.15, 0.2) is 0 Å². The second-order valence-electron chi connectivity index (χ2n) is 4.24. The largest absolute Gasteiger partial charge is 0.392 e. The van der Waals surface area contributed by atoms with E-state index in [9.17, 15) is 13.5 Å². The monoisotopic (exact) mass is 277 g/mol. The summed E-state index contributed by atoms with van der Waals surface area (Å²) < 4.78 is 27.1. The SMILES string of the molecule is Cc1cccc(NS(=O)(=O)c2ccccc2CO)c1. The zero-order valence-electron chi connectivity index (χ0n) is 10.5. The molecule has 2 rings (SSSR count). The highest BCUT2D eigenvalue weighted by Gasteiger charge is 2.17. The molecule has 5 heteroatoms. The standard InChI is InChI=1S/C14H15NO3S/c1-11-5-4-7-13(9-11)15-19(17,18)14-8-3-2-6-12(14)10-16/h2-9,15-16H,10H2,1H3. The molecule has 0 saturated heterocycles. The summed E-state index contributed by atoms with van der Waals surface area (Å²) >= 11 is 0. The van der Waals surface area contributed by atoms with Crippen LogP contribution in [0.2, 0.25) is 0 Å². The molecule has 2 aromatic carbocycles. The van der Waals surface area contributed by atoms with Gasteiger partial charge in [0.05, 0.1) is 11.5 Å². The molecule has 0 bridgehead atoms. The zero-order valence-corrected chi connectivity index (χ0v) is 11.3. The Kier molecular flexibility index (Phi) is 3.87. The van der Waals surface area contributed by atoms with Gasteiger partial charge in [-0.15, -0.1) is 0 Å². The van der Waals surface area contributed by atoms with Crippen molar-refractivity contribution in [1.29, 1.82) is 0 Å². The minimum atomic E-state index is -3.68. The lowest BCUT2D eigenvalue weighted by molar-refractivity contribution is 0.278. The van der Waals surface area contributed by atoms with Crippen LogP contribution in [0, 0.1) is 6.92 Å². The maximum absolute atomic E-state index is 12.3. The summed E-state index contributed by atoms with van der Waals surface area (Å²) in [6, 6.07) is 13.5. The third-order valence-corrected chi connectivity index (χ3v) is 4.18. The molecule has 0 heterocycles. The molecule has 0 aliphatic rings. The van der Waals surface area contributed by atoms with Gasteiger partial charge in [0.25, 0.3) is 10.0 Å². The van der Waals surface area contributed by atoms with E-state index in [0.29, 0.717) is 11.3 Å². The fourth-order valence-corrected chi connectivity index (χ4v) is 3.10. The summed E-state index contributed by atoms with van der Waals surface area (Å²) in [5.74, 6) is 0. The van der Waals surface area contributed by atoms with Gasteiger partial charge in [0.1, 0.15) is 0 Å². The van der Waals surface area contributed by atoms with Crippen molar-refractivity contribution in [3.63, 3.8) is 0 Å². The van der Waals surface area contributed by atoms with Crippen LogP contribution < -0.4 is 4.72 Å². The highest BCUT2D eigenvalue weighted by atomic mass is 32.2. The number of anilines is 1. The van der Waals surface area contributed by atoms with Crippen molar-refractivity contribution in [2.45, 2.75) is 18.4 Å². The first-order valence-corrected chi connectivity index (χ1v) is 7.29. The fraction of sp³-hybridized carbons (Fsp3) is 0.143. The number of benzene rings is 2. The Hall–Kier alpha value is -1.85. The third-order valence-electron chi connectivity index (χ3n) is 2.70. The average molecular weight is 277 g/mol. The number of aliphatic hydroxyl groups excluding tert-OH is 1. The first-order valence-electron chi connectivity index (χ1n) is 5.81. The Labute approximate surface area is 112 Å². The summed E-state index contributed by atoms with van der Waals surface area (Å²) in [5.41, 5.74) is 1.85. The molecule has 2 N–H and O–H groups in total. The van der Waals surface area contributed by atoms with Gasteiger partial charge in [-0.3, -0.25) is 4.72 Å². The Balaban J connectivity index is 2.38. The van der Waals surface area contributed by atoms with Crippen molar-refractivity contribution in [2.24, 2.45) is 0 Å². The van der Waals surface area contributed by atoms with Gasteiger partial charge in [-0.1, -0.05) is 30.3 Å². The lowest BCUT2D eigenvalue weighted by Crippen LogP contribution is -2.15. The fourth-order valence-electron chi connectivity index (χ4n) is 1.82. The number of hydrogen-bond donors (Lipinski definition) is 2. The van der Waals surface area contributed by atoms with E-state index >= 15 is 0 Å². The molecule has 0 spiro atoms. The maximum Gasteiger partial charge on any atom is 0.262 e. The van der Waals surface area contributed by atoms with Crippen molar-refractivity contribution in [2.75, 3.05) is 4.72 Å². The smallest absolute Gasteiger partial charge is 0.262 e. The van der Waals surface area contributed by atoms with Gasteiger partial charge in [-0.25, -0.2) is 8.42 Å². The van der Waals surface area contributed by atoms with Crippen LogP contribution in [0.25, 0.3) is 0 Å². The van der Waals surface area contributed by atoms with Crippen molar-refractivity contribution in [3.05, 3.63) is 59.7 Å². The minimum Gasteiger partial charge on any atom is -0.392 e. The Morgan fingerprint density at radius 1 is 1.11 bits per heavy atom. The summed E-state index contributed by atoms with van der Waals surface area (Å²) in [7, 11) is -3.68. The van der Waals surface area contributed by atoms with E-state index < -0.39 is 10.0 Å². The molecule has 2 aromatic rings. The van der Waals surface area contributed by atoms with Crippen LogP contribution in [-0.4, -0.2) is 13.5 Å². The lowest BCUT2D eigenvalue weighted by Gasteiger charge is -2.11. The number of hydrogen-bond acceptors (Lipinski definition) is 3. The van der Waals surface area contributed by atoms with Crippen LogP contribution in [0.15, 0.2) is 53.4 Å². The molecule has 0 radical (unpaired) electrons. The van der Waals surface area contributed by atoms with E-state index in [1.54, 1.807) is 36.4 Å². The van der Waals surface area contributed by atoms with E-state index in [2.05, 4.69) is 4.72 Å². The summed E-state index contributed by atoms with van der Waals surface area (Å²) in [5, 5.41) is 9.20. The first-order chi connectivity index (χ1) is 9.03. The molecule has 4 nitrogen and oxygen atoms in total. The minimum absolute atomic E-state index is 0.0963. The molecular formula is C14H15NO3S. The van der Waals surface area contributed by atoms with Crippen molar-refractivity contribution >= 4 is 15.7 Å². The predicted molar refractivity (Wildman–Crippen MR) is 74.4 cm³/mol. The number of nitrogens with one attached hydrogen (secondary N) is 1. The molecular weight excluding hydrogens is 262 g/mol. The van der Waals surface area contributed by atoms with Gasteiger partial charge in [0.2, 0.25) is 0 Å². The molecule has 0 fully saturated rings. The van der Waals surface area contributed by atoms with Crippen molar-refractivity contribution in [1.82, 2.24) is 0 Å². The second kappa shape index (κ2) is 5.42. The van der Waals surface area contributed by atoms with E-state index in [-0.39, 0.29) is 11.5 Å². The predicted octanol–water partition coefficient (Wildman–Crippen LogP) is 2.29. The number of sulfonamides is 1. The third kappa shape index (κ3) is 3.13. The number of rotatable bonds is 4. The molecule has 100 valence electrons. The topological polar surface area (TPSA) is 66.4 Å². The zero-order chi connectivity index (χ0) is 13.9. The van der Waals surface area contributed by atoms with Crippen LogP contribution in [0.1, 0.15) is 11.1 Å². The summed E-state index contributed by atoms with van der Waals surface area (Å²) in [6.07, 6.45) is 0. The van der Waals surface area contributed by atoms with Crippen LogP contribution in [0.3, 0.4) is 0 Å². The van der Waals surface area contributed by atoms with Gasteiger partial charge < -0.3 is 5.11 Å². The molecule has 0 amide bonds. The first kappa shape index (κ1) is 13.6. The van der Waals surface area contributed by atoms with Crippen LogP contribution in [0.4, 0.5) is 5.69 Å². The van der Waals surface area contributed by atoms with Gasteiger partial charge in [0, 0.05) is 5.69 Å². The molecule has 0 aliphatic carbocycles. The van der Waals surface area contributed by atoms with E-state index in [4.69, 9.17) is 0 Å². The summed E-state index contributed by atoms with van der Waals surface area (Å²) in [4.78, 5) is 0.0963. The summed E-state index contributed by atoms with van der Waals surface area (Å²) in [6.45, 7) is 1.57. The van der Waals surface area contributed by atoms with Gasteiger partial charge in [-0.05, 0) is 36.2 Å².